The monoisotopic (exact) mass is 293 g/mol. The molecule has 1 atom stereocenters. The topological polar surface area (TPSA) is 92.7 Å². The van der Waals surface area contributed by atoms with Crippen LogP contribution in [0.25, 0.3) is 0 Å². The molecule has 6 nitrogen and oxygen atoms in total. The molecule has 21 heavy (non-hydrogen) atoms. The molecule has 1 aromatic rings. The van der Waals surface area contributed by atoms with Gasteiger partial charge in [0.05, 0.1) is 17.6 Å². The summed E-state index contributed by atoms with van der Waals surface area (Å²) in [5.74, 6) is -2.23. The van der Waals surface area contributed by atoms with Crippen molar-refractivity contribution in [1.29, 1.82) is 0 Å². The Morgan fingerprint density at radius 2 is 1.62 bits per heavy atom. The average Bonchev–Trinajstić information content (AvgIpc) is 2.43. The maximum absolute atomic E-state index is 11.9. The molecular formula is C15H19NO5. The van der Waals surface area contributed by atoms with Crippen molar-refractivity contribution in [1.82, 2.24) is 5.32 Å². The van der Waals surface area contributed by atoms with Crippen molar-refractivity contribution in [3.63, 3.8) is 0 Å². The average molecular weight is 293 g/mol. The maximum Gasteiger partial charge on any atom is 0.335 e. The molecule has 0 spiro atoms. The van der Waals surface area contributed by atoms with E-state index < -0.39 is 11.9 Å². The Bertz CT molecular complexity index is 521. The van der Waals surface area contributed by atoms with Gasteiger partial charge in [0.2, 0.25) is 0 Å². The smallest absolute Gasteiger partial charge is 0.335 e. The number of benzene rings is 1. The van der Waals surface area contributed by atoms with Crippen LogP contribution in [0.2, 0.25) is 0 Å². The first-order valence-electron chi connectivity index (χ1n) is 6.63. The number of carbonyl (C=O) groups excluding carboxylic acids is 2. The largest absolute Gasteiger partial charge is 0.478 e. The first-order valence-corrected chi connectivity index (χ1v) is 6.63. The molecule has 114 valence electrons. The number of ether oxygens (including phenoxy) is 1. The van der Waals surface area contributed by atoms with Crippen molar-refractivity contribution >= 4 is 17.8 Å². The van der Waals surface area contributed by atoms with E-state index in [1.807, 2.05) is 0 Å². The van der Waals surface area contributed by atoms with Gasteiger partial charge < -0.3 is 15.2 Å². The molecule has 0 aromatic heterocycles. The van der Waals surface area contributed by atoms with Gasteiger partial charge in [0, 0.05) is 12.1 Å². The highest BCUT2D eigenvalue weighted by molar-refractivity contribution is 5.96. The maximum atomic E-state index is 11.9. The summed E-state index contributed by atoms with van der Waals surface area (Å²) in [6.07, 6.45) is -0.195. The minimum atomic E-state index is -1.05. The van der Waals surface area contributed by atoms with Gasteiger partial charge in [-0.05, 0) is 38.1 Å². The molecule has 6 heteroatoms. The second-order valence-corrected chi connectivity index (χ2v) is 4.98. The van der Waals surface area contributed by atoms with Gasteiger partial charge in [-0.3, -0.25) is 9.59 Å². The van der Waals surface area contributed by atoms with E-state index in [4.69, 9.17) is 9.84 Å². The van der Waals surface area contributed by atoms with Gasteiger partial charge in [0.15, 0.2) is 0 Å². The second-order valence-electron chi connectivity index (χ2n) is 4.98. The summed E-state index contributed by atoms with van der Waals surface area (Å²) >= 11 is 0. The lowest BCUT2D eigenvalue weighted by Crippen LogP contribution is -2.33. The van der Waals surface area contributed by atoms with E-state index in [0.29, 0.717) is 5.56 Å². The third kappa shape index (κ3) is 5.25. The minimum absolute atomic E-state index is 0.112. The fourth-order valence-corrected chi connectivity index (χ4v) is 1.54. The molecule has 1 unspecified atom stereocenters. The molecule has 0 radical (unpaired) electrons. The summed E-state index contributed by atoms with van der Waals surface area (Å²) in [6, 6.07) is 5.56. The lowest BCUT2D eigenvalue weighted by molar-refractivity contribution is -0.151. The molecule has 0 saturated carbocycles. The Balaban J connectivity index is 2.53. The fourth-order valence-electron chi connectivity index (χ4n) is 1.54. The highest BCUT2D eigenvalue weighted by atomic mass is 16.5. The van der Waals surface area contributed by atoms with E-state index in [0.717, 1.165) is 0 Å². The number of rotatable bonds is 6. The molecule has 0 aliphatic rings. The van der Waals surface area contributed by atoms with E-state index in [2.05, 4.69) is 5.32 Å². The number of hydrogen-bond acceptors (Lipinski definition) is 4. The Morgan fingerprint density at radius 1 is 1.10 bits per heavy atom. The van der Waals surface area contributed by atoms with E-state index in [9.17, 15) is 14.4 Å². The van der Waals surface area contributed by atoms with E-state index in [1.165, 1.54) is 24.3 Å². The van der Waals surface area contributed by atoms with Gasteiger partial charge in [0.1, 0.15) is 0 Å². The minimum Gasteiger partial charge on any atom is -0.478 e. The highest BCUT2D eigenvalue weighted by Crippen LogP contribution is 2.05. The van der Waals surface area contributed by atoms with Crippen LogP contribution < -0.4 is 5.32 Å². The number of hydrogen-bond donors (Lipinski definition) is 2. The Morgan fingerprint density at radius 3 is 2.10 bits per heavy atom. The number of esters is 1. The Labute approximate surface area is 123 Å². The summed E-state index contributed by atoms with van der Waals surface area (Å²) < 4.78 is 5.04. The van der Waals surface area contributed by atoms with Gasteiger partial charge in [-0.1, -0.05) is 6.92 Å². The van der Waals surface area contributed by atoms with E-state index in [-0.39, 0.29) is 30.1 Å². The number of amides is 1. The number of carbonyl (C=O) groups is 3. The number of carboxylic acid groups (broad SMARTS) is 1. The molecule has 0 fully saturated rings. The number of nitrogens with one attached hydrogen (secondary N) is 1. The molecule has 0 saturated heterocycles. The van der Waals surface area contributed by atoms with Crippen LogP contribution in [-0.4, -0.2) is 35.6 Å². The Kier molecular flexibility index (Phi) is 5.90. The third-order valence-corrected chi connectivity index (χ3v) is 2.72. The van der Waals surface area contributed by atoms with Crippen molar-refractivity contribution < 1.29 is 24.2 Å². The molecule has 2 N–H and O–H groups in total. The third-order valence-electron chi connectivity index (χ3n) is 2.72. The van der Waals surface area contributed by atoms with Crippen LogP contribution in [-0.2, 0) is 9.53 Å². The van der Waals surface area contributed by atoms with Crippen LogP contribution in [0, 0.1) is 5.92 Å². The van der Waals surface area contributed by atoms with Crippen molar-refractivity contribution in [3.05, 3.63) is 35.4 Å². The molecule has 0 aliphatic carbocycles. The molecule has 1 rings (SSSR count). The summed E-state index contributed by atoms with van der Waals surface area (Å²) in [7, 11) is 0. The molecule has 0 heterocycles. The van der Waals surface area contributed by atoms with Gasteiger partial charge in [-0.25, -0.2) is 4.79 Å². The van der Waals surface area contributed by atoms with Crippen molar-refractivity contribution in [2.75, 3.05) is 6.54 Å². The van der Waals surface area contributed by atoms with E-state index >= 15 is 0 Å². The van der Waals surface area contributed by atoms with Crippen LogP contribution in [0.1, 0.15) is 41.5 Å². The normalized spacial score (nSPS) is 11.8. The van der Waals surface area contributed by atoms with Crippen LogP contribution in [0.15, 0.2) is 24.3 Å². The lowest BCUT2D eigenvalue weighted by atomic mass is 10.1. The zero-order valence-electron chi connectivity index (χ0n) is 12.3. The van der Waals surface area contributed by atoms with Crippen LogP contribution in [0.4, 0.5) is 0 Å². The highest BCUT2D eigenvalue weighted by Gasteiger charge is 2.17. The van der Waals surface area contributed by atoms with Crippen molar-refractivity contribution in [2.45, 2.75) is 26.9 Å². The quantitative estimate of drug-likeness (QED) is 0.779. The second kappa shape index (κ2) is 7.42. The molecule has 1 amide bonds. The molecular weight excluding hydrogens is 274 g/mol. The van der Waals surface area contributed by atoms with Crippen molar-refractivity contribution in [2.24, 2.45) is 5.92 Å². The molecule has 0 aliphatic heterocycles. The van der Waals surface area contributed by atoms with Gasteiger partial charge >= 0.3 is 11.9 Å². The lowest BCUT2D eigenvalue weighted by Gasteiger charge is -2.14. The summed E-state index contributed by atoms with van der Waals surface area (Å²) in [4.78, 5) is 34.2. The van der Waals surface area contributed by atoms with Gasteiger partial charge in [-0.2, -0.15) is 0 Å². The van der Waals surface area contributed by atoms with Crippen LogP contribution in [0.3, 0.4) is 0 Å². The van der Waals surface area contributed by atoms with Crippen LogP contribution >= 0.6 is 0 Å². The summed E-state index contributed by atoms with van der Waals surface area (Å²) in [5.41, 5.74) is 0.449. The molecule has 0 bridgehead atoms. The first-order chi connectivity index (χ1) is 9.81. The SMILES string of the molecule is CC(C)OC(=O)C(C)CNC(=O)c1ccc(C(=O)O)cc1. The van der Waals surface area contributed by atoms with E-state index in [1.54, 1.807) is 20.8 Å². The van der Waals surface area contributed by atoms with Gasteiger partial charge in [0.25, 0.3) is 5.91 Å². The van der Waals surface area contributed by atoms with Crippen molar-refractivity contribution in [3.8, 4) is 0 Å². The zero-order valence-corrected chi connectivity index (χ0v) is 12.3. The summed E-state index contributed by atoms with van der Waals surface area (Å²) in [5, 5.41) is 11.4. The predicted molar refractivity (Wildman–Crippen MR) is 76.1 cm³/mol. The number of aromatic carboxylic acids is 1. The Hall–Kier alpha value is -2.37. The predicted octanol–water partition coefficient (Wildman–Crippen LogP) is 1.70. The number of carboxylic acids is 1. The first kappa shape index (κ1) is 16.7. The molecule has 1 aromatic carbocycles. The van der Waals surface area contributed by atoms with Gasteiger partial charge in [-0.15, -0.1) is 0 Å². The fraction of sp³-hybridized carbons (Fsp3) is 0.400. The van der Waals surface area contributed by atoms with Crippen LogP contribution in [0.5, 0.6) is 0 Å². The zero-order chi connectivity index (χ0) is 16.0. The summed E-state index contributed by atoms with van der Waals surface area (Å²) in [6.45, 7) is 5.34. The standard InChI is InChI=1S/C15H19NO5/c1-9(2)21-15(20)10(3)8-16-13(17)11-4-6-12(7-5-11)14(18)19/h4-7,9-10H,8H2,1-3H3,(H,16,17)(H,18,19).